The molecule has 0 spiro atoms. The van der Waals surface area contributed by atoms with Crippen molar-refractivity contribution in [1.82, 2.24) is 15.0 Å². The number of aromatic nitrogens is 3. The standard InChI is InChI=1S/C12H21ClN4O/c1-6-9(7-2)17(5)11-14-10(13)15-12(16-11)18-8(3)4/h8-9H,6-7H2,1-5H3. The monoisotopic (exact) mass is 272 g/mol. The summed E-state index contributed by atoms with van der Waals surface area (Å²) >= 11 is 5.90. The average Bonchev–Trinajstić information content (AvgIpc) is 2.28. The van der Waals surface area contributed by atoms with Crippen molar-refractivity contribution < 1.29 is 4.74 Å². The maximum Gasteiger partial charge on any atom is 0.322 e. The first kappa shape index (κ1) is 15.0. The Morgan fingerprint density at radius 3 is 2.28 bits per heavy atom. The Hall–Kier alpha value is -1.10. The predicted molar refractivity (Wildman–Crippen MR) is 73.4 cm³/mol. The van der Waals surface area contributed by atoms with E-state index in [9.17, 15) is 0 Å². The third kappa shape index (κ3) is 3.98. The van der Waals surface area contributed by atoms with Crippen LogP contribution in [0.25, 0.3) is 0 Å². The molecule has 0 aromatic carbocycles. The Bertz CT molecular complexity index is 382. The van der Waals surface area contributed by atoms with Crippen molar-refractivity contribution in [3.8, 4) is 6.01 Å². The molecule has 0 aliphatic carbocycles. The van der Waals surface area contributed by atoms with Gasteiger partial charge in [0.1, 0.15) is 0 Å². The maximum atomic E-state index is 5.90. The summed E-state index contributed by atoms with van der Waals surface area (Å²) in [5.41, 5.74) is 0. The smallest absolute Gasteiger partial charge is 0.322 e. The molecule has 1 aromatic rings. The van der Waals surface area contributed by atoms with Gasteiger partial charge >= 0.3 is 6.01 Å². The zero-order valence-corrected chi connectivity index (χ0v) is 12.4. The van der Waals surface area contributed by atoms with E-state index in [-0.39, 0.29) is 17.4 Å². The van der Waals surface area contributed by atoms with E-state index in [0.717, 1.165) is 12.8 Å². The molecule has 1 heterocycles. The number of anilines is 1. The maximum absolute atomic E-state index is 5.90. The molecule has 1 aromatic heterocycles. The third-order valence-electron chi connectivity index (χ3n) is 2.72. The Balaban J connectivity index is 2.97. The van der Waals surface area contributed by atoms with Gasteiger partial charge in [-0.2, -0.15) is 15.0 Å². The Morgan fingerprint density at radius 1 is 1.17 bits per heavy atom. The van der Waals surface area contributed by atoms with Gasteiger partial charge in [0.2, 0.25) is 11.2 Å². The molecule has 0 bridgehead atoms. The van der Waals surface area contributed by atoms with Crippen LogP contribution in [-0.2, 0) is 0 Å². The zero-order valence-electron chi connectivity index (χ0n) is 11.6. The fourth-order valence-corrected chi connectivity index (χ4v) is 1.89. The summed E-state index contributed by atoms with van der Waals surface area (Å²) in [5, 5.41) is 0.161. The molecule has 0 saturated heterocycles. The first-order valence-corrected chi connectivity index (χ1v) is 6.66. The zero-order chi connectivity index (χ0) is 13.7. The molecule has 5 nitrogen and oxygen atoms in total. The van der Waals surface area contributed by atoms with E-state index in [0.29, 0.717) is 12.0 Å². The number of hydrogen-bond acceptors (Lipinski definition) is 5. The summed E-state index contributed by atoms with van der Waals surface area (Å²) in [5.74, 6) is 0.555. The second-order valence-corrected chi connectivity index (χ2v) is 4.77. The molecule has 0 aliphatic heterocycles. The lowest BCUT2D eigenvalue weighted by molar-refractivity contribution is 0.221. The van der Waals surface area contributed by atoms with Crippen LogP contribution < -0.4 is 9.64 Å². The van der Waals surface area contributed by atoms with Crippen LogP contribution in [0.15, 0.2) is 0 Å². The Labute approximate surface area is 114 Å². The van der Waals surface area contributed by atoms with E-state index < -0.39 is 0 Å². The second-order valence-electron chi connectivity index (χ2n) is 4.43. The van der Waals surface area contributed by atoms with Crippen molar-refractivity contribution in [2.24, 2.45) is 0 Å². The molecule has 0 amide bonds. The van der Waals surface area contributed by atoms with Gasteiger partial charge < -0.3 is 9.64 Å². The molecular weight excluding hydrogens is 252 g/mol. The molecule has 18 heavy (non-hydrogen) atoms. The van der Waals surface area contributed by atoms with Crippen molar-refractivity contribution in [3.63, 3.8) is 0 Å². The third-order valence-corrected chi connectivity index (χ3v) is 2.89. The summed E-state index contributed by atoms with van der Waals surface area (Å²) < 4.78 is 5.46. The van der Waals surface area contributed by atoms with Crippen LogP contribution in [0.1, 0.15) is 40.5 Å². The van der Waals surface area contributed by atoms with Crippen LogP contribution in [0, 0.1) is 0 Å². The molecule has 0 N–H and O–H groups in total. The second kappa shape index (κ2) is 6.73. The molecule has 1 rings (SSSR count). The van der Waals surface area contributed by atoms with Gasteiger partial charge in [-0.1, -0.05) is 13.8 Å². The van der Waals surface area contributed by atoms with Crippen LogP contribution in [-0.4, -0.2) is 34.1 Å². The van der Waals surface area contributed by atoms with Gasteiger partial charge in [0.15, 0.2) is 0 Å². The Kier molecular flexibility index (Phi) is 5.59. The van der Waals surface area contributed by atoms with Crippen LogP contribution in [0.2, 0.25) is 5.28 Å². The van der Waals surface area contributed by atoms with E-state index in [2.05, 4.69) is 28.8 Å². The molecule has 0 saturated carbocycles. The lowest BCUT2D eigenvalue weighted by Gasteiger charge is -2.26. The van der Waals surface area contributed by atoms with Gasteiger partial charge in [0.25, 0.3) is 0 Å². The molecule has 0 atom stereocenters. The van der Waals surface area contributed by atoms with Crippen LogP contribution >= 0.6 is 11.6 Å². The molecule has 0 radical (unpaired) electrons. The van der Waals surface area contributed by atoms with Crippen molar-refractivity contribution in [2.75, 3.05) is 11.9 Å². The van der Waals surface area contributed by atoms with Crippen LogP contribution in [0.5, 0.6) is 6.01 Å². The SMILES string of the molecule is CCC(CC)N(C)c1nc(Cl)nc(OC(C)C)n1. The van der Waals surface area contributed by atoms with Gasteiger partial charge in [-0.25, -0.2) is 0 Å². The van der Waals surface area contributed by atoms with Crippen molar-refractivity contribution in [1.29, 1.82) is 0 Å². The molecule has 6 heteroatoms. The quantitative estimate of drug-likeness (QED) is 0.797. The minimum Gasteiger partial charge on any atom is -0.461 e. The Morgan fingerprint density at radius 2 is 1.78 bits per heavy atom. The fourth-order valence-electron chi connectivity index (χ4n) is 1.74. The molecule has 102 valence electrons. The first-order valence-electron chi connectivity index (χ1n) is 6.28. The highest BCUT2D eigenvalue weighted by molar-refractivity contribution is 6.28. The number of hydrogen-bond donors (Lipinski definition) is 0. The van der Waals surface area contributed by atoms with Crippen LogP contribution in [0.3, 0.4) is 0 Å². The largest absolute Gasteiger partial charge is 0.461 e. The minimum atomic E-state index is 0.00905. The van der Waals surface area contributed by atoms with Gasteiger partial charge in [-0.15, -0.1) is 0 Å². The predicted octanol–water partition coefficient (Wildman–Crippen LogP) is 2.94. The van der Waals surface area contributed by atoms with Gasteiger partial charge in [0, 0.05) is 13.1 Å². The van der Waals surface area contributed by atoms with E-state index in [4.69, 9.17) is 16.3 Å². The number of halogens is 1. The van der Waals surface area contributed by atoms with Crippen molar-refractivity contribution >= 4 is 17.5 Å². The van der Waals surface area contributed by atoms with Crippen molar-refractivity contribution in [3.05, 3.63) is 5.28 Å². The highest BCUT2D eigenvalue weighted by atomic mass is 35.5. The average molecular weight is 273 g/mol. The molecule has 0 fully saturated rings. The van der Waals surface area contributed by atoms with Crippen LogP contribution in [0.4, 0.5) is 5.95 Å². The number of nitrogens with zero attached hydrogens (tertiary/aromatic N) is 4. The number of rotatable bonds is 6. The topological polar surface area (TPSA) is 51.1 Å². The summed E-state index contributed by atoms with van der Waals surface area (Å²) in [4.78, 5) is 14.4. The normalized spacial score (nSPS) is 11.1. The van der Waals surface area contributed by atoms with Gasteiger partial charge in [-0.3, -0.25) is 0 Å². The lowest BCUT2D eigenvalue weighted by atomic mass is 10.1. The fraction of sp³-hybridized carbons (Fsp3) is 0.750. The summed E-state index contributed by atoms with van der Waals surface area (Å²) in [6.45, 7) is 8.11. The number of ether oxygens (including phenoxy) is 1. The van der Waals surface area contributed by atoms with Gasteiger partial charge in [-0.05, 0) is 38.3 Å². The van der Waals surface area contributed by atoms with E-state index in [1.165, 1.54) is 0 Å². The van der Waals surface area contributed by atoms with E-state index >= 15 is 0 Å². The molecule has 0 aliphatic rings. The highest BCUT2D eigenvalue weighted by Gasteiger charge is 2.16. The van der Waals surface area contributed by atoms with Gasteiger partial charge in [0.05, 0.1) is 6.10 Å². The minimum absolute atomic E-state index is 0.00905. The lowest BCUT2D eigenvalue weighted by Crippen LogP contribution is -2.32. The summed E-state index contributed by atoms with van der Waals surface area (Å²) in [7, 11) is 1.96. The first-order chi connectivity index (χ1) is 8.47. The van der Waals surface area contributed by atoms with E-state index in [1.807, 2.05) is 25.8 Å². The highest BCUT2D eigenvalue weighted by Crippen LogP contribution is 2.18. The van der Waals surface area contributed by atoms with E-state index in [1.54, 1.807) is 0 Å². The summed E-state index contributed by atoms with van der Waals surface area (Å²) in [6, 6.07) is 0.660. The summed E-state index contributed by atoms with van der Waals surface area (Å²) in [6.07, 6.45) is 2.06. The van der Waals surface area contributed by atoms with Crippen molar-refractivity contribution in [2.45, 2.75) is 52.7 Å². The molecule has 0 unspecified atom stereocenters. The molecular formula is C12H21ClN4O.